The van der Waals surface area contributed by atoms with Gasteiger partial charge in [-0.3, -0.25) is 0 Å². The van der Waals surface area contributed by atoms with E-state index in [1.165, 1.54) is 64.7 Å². The van der Waals surface area contributed by atoms with Crippen LogP contribution in [-0.4, -0.2) is 37.1 Å². The summed E-state index contributed by atoms with van der Waals surface area (Å²) >= 11 is 0. The van der Waals surface area contributed by atoms with Crippen LogP contribution < -0.4 is 5.32 Å². The summed E-state index contributed by atoms with van der Waals surface area (Å²) in [4.78, 5) is 2.67. The number of hydrogen-bond acceptors (Lipinski definition) is 2. The van der Waals surface area contributed by atoms with Gasteiger partial charge in [0.2, 0.25) is 0 Å². The zero-order valence-electron chi connectivity index (χ0n) is 13.1. The Morgan fingerprint density at radius 2 is 1.67 bits per heavy atom. The largest absolute Gasteiger partial charge is 0.313 e. The molecule has 0 bridgehead atoms. The summed E-state index contributed by atoms with van der Waals surface area (Å²) in [6, 6.07) is 0.840. The van der Waals surface area contributed by atoms with Gasteiger partial charge in [0.15, 0.2) is 0 Å². The predicted octanol–water partition coefficient (Wildman–Crippen LogP) is 3.67. The lowest BCUT2D eigenvalue weighted by atomic mass is 9.84. The van der Waals surface area contributed by atoms with Crippen molar-refractivity contribution >= 4 is 0 Å². The molecule has 1 fully saturated rings. The van der Waals surface area contributed by atoms with Gasteiger partial charge in [0.1, 0.15) is 0 Å². The summed E-state index contributed by atoms with van der Waals surface area (Å²) in [7, 11) is 0. The van der Waals surface area contributed by atoms with Crippen molar-refractivity contribution < 1.29 is 0 Å². The molecule has 108 valence electrons. The minimum atomic E-state index is 0.460. The second-order valence-electron chi connectivity index (χ2n) is 6.49. The SMILES string of the molecule is CCCN(CCC)CC(C)(CCC)CNC1CC1. The Morgan fingerprint density at radius 3 is 2.11 bits per heavy atom. The lowest BCUT2D eigenvalue weighted by Crippen LogP contribution is -2.43. The summed E-state index contributed by atoms with van der Waals surface area (Å²) in [5.74, 6) is 0. The van der Waals surface area contributed by atoms with Crippen LogP contribution in [0.5, 0.6) is 0 Å². The Morgan fingerprint density at radius 1 is 1.06 bits per heavy atom. The van der Waals surface area contributed by atoms with Crippen molar-refractivity contribution in [2.45, 2.75) is 72.3 Å². The van der Waals surface area contributed by atoms with Gasteiger partial charge in [0.25, 0.3) is 0 Å². The maximum atomic E-state index is 3.74. The van der Waals surface area contributed by atoms with Gasteiger partial charge in [0.05, 0.1) is 0 Å². The highest BCUT2D eigenvalue weighted by Gasteiger charge is 2.29. The van der Waals surface area contributed by atoms with Gasteiger partial charge in [-0.2, -0.15) is 0 Å². The number of nitrogens with zero attached hydrogens (tertiary/aromatic N) is 1. The quantitative estimate of drug-likeness (QED) is 0.605. The van der Waals surface area contributed by atoms with Crippen molar-refractivity contribution in [2.24, 2.45) is 5.41 Å². The zero-order valence-corrected chi connectivity index (χ0v) is 13.1. The van der Waals surface area contributed by atoms with Crippen LogP contribution in [0.15, 0.2) is 0 Å². The predicted molar refractivity (Wildman–Crippen MR) is 81.1 cm³/mol. The van der Waals surface area contributed by atoms with Crippen LogP contribution in [0.2, 0.25) is 0 Å². The lowest BCUT2D eigenvalue weighted by molar-refractivity contribution is 0.148. The van der Waals surface area contributed by atoms with Crippen LogP contribution in [-0.2, 0) is 0 Å². The second-order valence-corrected chi connectivity index (χ2v) is 6.49. The molecule has 1 rings (SSSR count). The average molecular weight is 254 g/mol. The molecule has 0 heterocycles. The Labute approximate surface area is 115 Å². The molecule has 1 aliphatic carbocycles. The standard InChI is InChI=1S/C16H34N2/c1-5-10-16(4,13-17-15-8-9-15)14-18(11-6-2)12-7-3/h15,17H,5-14H2,1-4H3. The number of nitrogens with one attached hydrogen (secondary N) is 1. The molecule has 0 aromatic carbocycles. The van der Waals surface area contributed by atoms with Crippen molar-refractivity contribution in [3.05, 3.63) is 0 Å². The van der Waals surface area contributed by atoms with Gasteiger partial charge in [0, 0.05) is 19.1 Å². The van der Waals surface area contributed by atoms with E-state index in [-0.39, 0.29) is 0 Å². The molecule has 0 aromatic heterocycles. The third-order valence-electron chi connectivity index (χ3n) is 3.93. The topological polar surface area (TPSA) is 15.3 Å². The fourth-order valence-electron chi connectivity index (χ4n) is 2.95. The lowest BCUT2D eigenvalue weighted by Gasteiger charge is -2.36. The first-order valence-corrected chi connectivity index (χ1v) is 8.09. The molecule has 0 amide bonds. The van der Waals surface area contributed by atoms with E-state index in [1.54, 1.807) is 0 Å². The second kappa shape index (κ2) is 8.16. The molecule has 1 saturated carbocycles. The Kier molecular flexibility index (Phi) is 7.25. The molecular formula is C16H34N2. The van der Waals surface area contributed by atoms with Crippen LogP contribution >= 0.6 is 0 Å². The fraction of sp³-hybridized carbons (Fsp3) is 1.00. The Hall–Kier alpha value is -0.0800. The highest BCUT2D eigenvalue weighted by atomic mass is 15.1. The van der Waals surface area contributed by atoms with Crippen LogP contribution in [0.3, 0.4) is 0 Å². The van der Waals surface area contributed by atoms with Crippen molar-refractivity contribution in [1.82, 2.24) is 10.2 Å². The summed E-state index contributed by atoms with van der Waals surface area (Å²) in [5.41, 5.74) is 0.460. The molecule has 0 radical (unpaired) electrons. The molecule has 18 heavy (non-hydrogen) atoms. The molecule has 0 aliphatic heterocycles. The molecule has 0 aromatic rings. The van der Waals surface area contributed by atoms with E-state index in [0.29, 0.717) is 5.41 Å². The minimum Gasteiger partial charge on any atom is -0.313 e. The maximum Gasteiger partial charge on any atom is 0.00684 e. The van der Waals surface area contributed by atoms with Gasteiger partial charge < -0.3 is 10.2 Å². The van der Waals surface area contributed by atoms with Crippen molar-refractivity contribution in [2.75, 3.05) is 26.2 Å². The van der Waals surface area contributed by atoms with Gasteiger partial charge in [-0.1, -0.05) is 34.1 Å². The third kappa shape index (κ3) is 6.19. The molecule has 1 aliphatic rings. The molecule has 1 atom stereocenters. The highest BCUT2D eigenvalue weighted by Crippen LogP contribution is 2.27. The molecule has 2 nitrogen and oxygen atoms in total. The van der Waals surface area contributed by atoms with E-state index in [1.807, 2.05) is 0 Å². The third-order valence-corrected chi connectivity index (χ3v) is 3.93. The summed E-state index contributed by atoms with van der Waals surface area (Å²) in [6.07, 6.45) is 7.99. The van der Waals surface area contributed by atoms with Crippen molar-refractivity contribution in [3.8, 4) is 0 Å². The Bertz CT molecular complexity index is 207. The van der Waals surface area contributed by atoms with Crippen LogP contribution in [0.4, 0.5) is 0 Å². The van der Waals surface area contributed by atoms with E-state index < -0.39 is 0 Å². The molecule has 0 saturated heterocycles. The van der Waals surface area contributed by atoms with E-state index in [4.69, 9.17) is 0 Å². The van der Waals surface area contributed by atoms with Crippen molar-refractivity contribution in [1.29, 1.82) is 0 Å². The van der Waals surface area contributed by atoms with E-state index >= 15 is 0 Å². The van der Waals surface area contributed by atoms with E-state index in [9.17, 15) is 0 Å². The first-order chi connectivity index (χ1) is 8.63. The van der Waals surface area contributed by atoms with Gasteiger partial charge in [-0.15, -0.1) is 0 Å². The van der Waals surface area contributed by atoms with Gasteiger partial charge in [-0.25, -0.2) is 0 Å². The zero-order chi connectivity index (χ0) is 13.4. The van der Waals surface area contributed by atoms with Crippen LogP contribution in [0.1, 0.15) is 66.2 Å². The summed E-state index contributed by atoms with van der Waals surface area (Å²) in [6.45, 7) is 14.4. The first kappa shape index (κ1) is 16.0. The van der Waals surface area contributed by atoms with Gasteiger partial charge in [-0.05, 0) is 50.6 Å². The molecule has 2 heteroatoms. The van der Waals surface area contributed by atoms with Gasteiger partial charge >= 0.3 is 0 Å². The van der Waals surface area contributed by atoms with Crippen LogP contribution in [0.25, 0.3) is 0 Å². The molecule has 1 N–H and O–H groups in total. The smallest absolute Gasteiger partial charge is 0.00684 e. The molecule has 0 spiro atoms. The molecule has 1 unspecified atom stereocenters. The highest BCUT2D eigenvalue weighted by molar-refractivity contribution is 4.87. The van der Waals surface area contributed by atoms with Crippen molar-refractivity contribution in [3.63, 3.8) is 0 Å². The average Bonchev–Trinajstić information content (AvgIpc) is 3.11. The maximum absolute atomic E-state index is 3.74. The normalized spacial score (nSPS) is 19.2. The summed E-state index contributed by atoms with van der Waals surface area (Å²) < 4.78 is 0. The summed E-state index contributed by atoms with van der Waals surface area (Å²) in [5, 5.41) is 3.74. The van der Waals surface area contributed by atoms with E-state index in [2.05, 4.69) is 37.9 Å². The number of hydrogen-bond donors (Lipinski definition) is 1. The molecular weight excluding hydrogens is 220 g/mol. The Balaban J connectivity index is 2.44. The van der Waals surface area contributed by atoms with E-state index in [0.717, 1.165) is 6.04 Å². The first-order valence-electron chi connectivity index (χ1n) is 8.09. The minimum absolute atomic E-state index is 0.460. The van der Waals surface area contributed by atoms with Crippen LogP contribution in [0, 0.1) is 5.41 Å². The fourth-order valence-corrected chi connectivity index (χ4v) is 2.95. The number of rotatable bonds is 11. The monoisotopic (exact) mass is 254 g/mol.